The summed E-state index contributed by atoms with van der Waals surface area (Å²) in [5.74, 6) is -1.03. The van der Waals surface area contributed by atoms with Gasteiger partial charge in [0.05, 0.1) is 6.23 Å². The molecule has 76 valence electrons. The molecule has 1 aromatic rings. The Balaban J connectivity index is 0.00000112. The molecule has 0 bridgehead atoms. The van der Waals surface area contributed by atoms with Crippen LogP contribution in [0.3, 0.4) is 0 Å². The average molecular weight is 222 g/mol. The van der Waals surface area contributed by atoms with Crippen LogP contribution in [-0.2, 0) is 4.74 Å². The summed E-state index contributed by atoms with van der Waals surface area (Å²) in [6.07, 6.45) is 1.83. The zero-order chi connectivity index (χ0) is 10.1. The molecule has 1 atom stereocenters. The van der Waals surface area contributed by atoms with Gasteiger partial charge < -0.3 is 14.3 Å². The SMILES string of the molecule is O=c1[n-]c(=O)n(C2CCCO2)cc1F.[Na+]. The van der Waals surface area contributed by atoms with E-state index in [4.69, 9.17) is 4.74 Å². The molecule has 0 spiro atoms. The Kier molecular flexibility index (Phi) is 4.27. The number of hydrogen-bond acceptors (Lipinski definition) is 3. The molecule has 15 heavy (non-hydrogen) atoms. The Morgan fingerprint density at radius 1 is 1.53 bits per heavy atom. The van der Waals surface area contributed by atoms with Gasteiger partial charge in [0.2, 0.25) is 5.56 Å². The molecule has 1 fully saturated rings. The third kappa shape index (κ3) is 2.57. The minimum Gasteiger partial charge on any atom is -0.388 e. The van der Waals surface area contributed by atoms with Crippen LogP contribution < -0.4 is 45.8 Å². The smallest absolute Gasteiger partial charge is 0.388 e. The predicted molar refractivity (Wildman–Crippen MR) is 44.5 cm³/mol. The van der Waals surface area contributed by atoms with Crippen LogP contribution in [0.4, 0.5) is 4.39 Å². The molecule has 0 amide bonds. The molecule has 0 aromatic carbocycles. The summed E-state index contributed by atoms with van der Waals surface area (Å²) in [7, 11) is 0. The maximum Gasteiger partial charge on any atom is 1.00 e. The van der Waals surface area contributed by atoms with Crippen molar-refractivity contribution in [3.05, 3.63) is 32.9 Å². The van der Waals surface area contributed by atoms with Crippen LogP contribution in [0.1, 0.15) is 19.1 Å². The maximum atomic E-state index is 12.8. The predicted octanol–water partition coefficient (Wildman–Crippen LogP) is -3.38. The summed E-state index contributed by atoms with van der Waals surface area (Å²) in [6, 6.07) is 0. The third-order valence-electron chi connectivity index (χ3n) is 2.09. The summed E-state index contributed by atoms with van der Waals surface area (Å²) in [4.78, 5) is 24.9. The number of hydrogen-bond donors (Lipinski definition) is 0. The van der Waals surface area contributed by atoms with Gasteiger partial charge in [-0.05, 0) is 19.0 Å². The van der Waals surface area contributed by atoms with Gasteiger partial charge in [-0.15, -0.1) is 0 Å². The molecule has 0 radical (unpaired) electrons. The summed E-state index contributed by atoms with van der Waals surface area (Å²) in [5, 5.41) is 0. The molecular weight excluding hydrogens is 214 g/mol. The van der Waals surface area contributed by atoms with E-state index in [-0.39, 0.29) is 29.6 Å². The number of nitrogens with zero attached hydrogens (tertiary/aromatic N) is 2. The van der Waals surface area contributed by atoms with E-state index in [0.717, 1.165) is 17.2 Å². The number of ether oxygens (including phenoxy) is 1. The monoisotopic (exact) mass is 222 g/mol. The number of rotatable bonds is 1. The minimum absolute atomic E-state index is 0. The van der Waals surface area contributed by atoms with Gasteiger partial charge >= 0.3 is 29.6 Å². The molecule has 1 aliphatic heterocycles. The zero-order valence-corrected chi connectivity index (χ0v) is 10.3. The summed E-state index contributed by atoms with van der Waals surface area (Å²) < 4.78 is 19.0. The van der Waals surface area contributed by atoms with Crippen molar-refractivity contribution in [1.29, 1.82) is 0 Å². The molecule has 0 N–H and O–H groups in total. The second-order valence-electron chi connectivity index (χ2n) is 3.05. The van der Waals surface area contributed by atoms with Crippen LogP contribution in [0.5, 0.6) is 0 Å². The van der Waals surface area contributed by atoms with Crippen molar-refractivity contribution in [1.82, 2.24) is 9.55 Å². The topological polar surface area (TPSA) is 62.4 Å². The maximum absolute atomic E-state index is 12.8. The van der Waals surface area contributed by atoms with Crippen molar-refractivity contribution in [2.45, 2.75) is 19.1 Å². The molecule has 0 aliphatic carbocycles. The van der Waals surface area contributed by atoms with Crippen LogP contribution >= 0.6 is 0 Å². The fourth-order valence-corrected chi connectivity index (χ4v) is 1.42. The average Bonchev–Trinajstić information content (AvgIpc) is 2.64. The van der Waals surface area contributed by atoms with E-state index in [1.54, 1.807) is 0 Å². The van der Waals surface area contributed by atoms with E-state index >= 15 is 0 Å². The van der Waals surface area contributed by atoms with Gasteiger partial charge in [-0.3, -0.25) is 9.59 Å². The first kappa shape index (κ1) is 12.6. The molecule has 0 saturated carbocycles. The second kappa shape index (κ2) is 5.07. The van der Waals surface area contributed by atoms with Gasteiger partial charge in [0.25, 0.3) is 0 Å². The summed E-state index contributed by atoms with van der Waals surface area (Å²) in [6.45, 7) is 0.540. The normalized spacial score (nSPS) is 19.9. The molecule has 2 rings (SSSR count). The van der Waals surface area contributed by atoms with Crippen molar-refractivity contribution in [2.75, 3.05) is 6.61 Å². The zero-order valence-electron chi connectivity index (χ0n) is 8.27. The first-order valence-corrected chi connectivity index (χ1v) is 4.26. The summed E-state index contributed by atoms with van der Waals surface area (Å²) in [5.41, 5.74) is -1.88. The van der Waals surface area contributed by atoms with Gasteiger partial charge in [0.15, 0.2) is 11.5 Å². The Morgan fingerprint density at radius 2 is 2.27 bits per heavy atom. The standard InChI is InChI=1S/C8H9FN2O3.Na/c9-5-4-11(6-2-1-3-14-6)8(13)10-7(5)12;/h4,6H,1-3H2,(H,10,12,13);/q;+1/p-1. The van der Waals surface area contributed by atoms with Gasteiger partial charge in [0, 0.05) is 6.61 Å². The second-order valence-corrected chi connectivity index (χ2v) is 3.05. The van der Waals surface area contributed by atoms with Crippen molar-refractivity contribution in [3.8, 4) is 0 Å². The van der Waals surface area contributed by atoms with Crippen LogP contribution in [0.15, 0.2) is 15.8 Å². The fourth-order valence-electron chi connectivity index (χ4n) is 1.42. The number of aromatic nitrogens is 2. The molecule has 5 nitrogen and oxygen atoms in total. The molecule has 1 aliphatic rings. The Labute approximate surface area is 107 Å². The minimum atomic E-state index is -1.12. The van der Waals surface area contributed by atoms with Gasteiger partial charge in [-0.2, -0.15) is 0 Å². The van der Waals surface area contributed by atoms with Crippen LogP contribution in [0.2, 0.25) is 0 Å². The summed E-state index contributed by atoms with van der Waals surface area (Å²) >= 11 is 0. The quantitative estimate of drug-likeness (QED) is 0.465. The van der Waals surface area contributed by atoms with Gasteiger partial charge in [-0.25, -0.2) is 4.39 Å². The van der Waals surface area contributed by atoms with Crippen molar-refractivity contribution in [2.24, 2.45) is 0 Å². The van der Waals surface area contributed by atoms with Crippen molar-refractivity contribution in [3.63, 3.8) is 0 Å². The molecule has 7 heteroatoms. The van der Waals surface area contributed by atoms with Crippen molar-refractivity contribution < 1.29 is 38.7 Å². The van der Waals surface area contributed by atoms with E-state index in [1.165, 1.54) is 0 Å². The third-order valence-corrected chi connectivity index (χ3v) is 2.09. The van der Waals surface area contributed by atoms with E-state index < -0.39 is 23.3 Å². The van der Waals surface area contributed by atoms with E-state index in [0.29, 0.717) is 13.0 Å². The Morgan fingerprint density at radius 3 is 2.87 bits per heavy atom. The molecule has 1 unspecified atom stereocenters. The molecule has 1 saturated heterocycles. The van der Waals surface area contributed by atoms with E-state index in [2.05, 4.69) is 4.98 Å². The first-order valence-electron chi connectivity index (χ1n) is 4.26. The fraction of sp³-hybridized carbons (Fsp3) is 0.500. The van der Waals surface area contributed by atoms with E-state index in [9.17, 15) is 14.0 Å². The Bertz CT molecular complexity index is 450. The van der Waals surface area contributed by atoms with E-state index in [1.807, 2.05) is 0 Å². The molecular formula is C8H8FN2NaO3. The van der Waals surface area contributed by atoms with Crippen LogP contribution in [0, 0.1) is 5.82 Å². The largest absolute Gasteiger partial charge is 1.00 e. The van der Waals surface area contributed by atoms with Crippen LogP contribution in [0.25, 0.3) is 0 Å². The number of halogens is 1. The Hall–Kier alpha value is -0.430. The van der Waals surface area contributed by atoms with Gasteiger partial charge in [0.1, 0.15) is 0 Å². The first-order chi connectivity index (χ1) is 6.68. The van der Waals surface area contributed by atoms with Crippen LogP contribution in [-0.4, -0.2) is 11.2 Å². The molecule has 1 aromatic heterocycles. The van der Waals surface area contributed by atoms with Gasteiger partial charge in [-0.1, -0.05) is 0 Å². The van der Waals surface area contributed by atoms with Crippen molar-refractivity contribution >= 4 is 0 Å². The molecule has 2 heterocycles.